The minimum atomic E-state index is -3.74. The molecule has 0 unspecified atom stereocenters. The molecule has 9 heteroatoms. The molecule has 2 rings (SSSR count). The van der Waals surface area contributed by atoms with Gasteiger partial charge in [0.15, 0.2) is 5.03 Å². The molecule has 0 amide bonds. The van der Waals surface area contributed by atoms with E-state index in [1.165, 1.54) is 30.9 Å². The fourth-order valence-corrected chi connectivity index (χ4v) is 3.27. The molecule has 0 aliphatic carbocycles. The fraction of sp³-hybridized carbons (Fsp3) is 0.545. The van der Waals surface area contributed by atoms with Crippen LogP contribution >= 0.6 is 0 Å². The zero-order chi connectivity index (χ0) is 14.8. The van der Waals surface area contributed by atoms with Crippen LogP contribution in [-0.2, 0) is 26.5 Å². The van der Waals surface area contributed by atoms with Gasteiger partial charge in [-0.3, -0.25) is 0 Å². The van der Waals surface area contributed by atoms with Crippen molar-refractivity contribution in [1.29, 1.82) is 0 Å². The highest BCUT2D eigenvalue weighted by atomic mass is 32.2. The van der Waals surface area contributed by atoms with Gasteiger partial charge >= 0.3 is 5.97 Å². The van der Waals surface area contributed by atoms with Crippen LogP contribution in [0.2, 0.25) is 0 Å². The first-order valence-electron chi connectivity index (χ1n) is 6.05. The van der Waals surface area contributed by atoms with Crippen molar-refractivity contribution in [2.45, 2.75) is 5.03 Å². The van der Waals surface area contributed by atoms with Crippen LogP contribution in [0.5, 0.6) is 0 Å². The van der Waals surface area contributed by atoms with Crippen molar-refractivity contribution in [2.75, 3.05) is 33.4 Å². The van der Waals surface area contributed by atoms with E-state index in [9.17, 15) is 13.2 Å². The molecule has 2 heterocycles. The Kier molecular flexibility index (Phi) is 4.43. The van der Waals surface area contributed by atoms with Crippen molar-refractivity contribution in [1.82, 2.24) is 14.4 Å². The first-order chi connectivity index (χ1) is 9.45. The van der Waals surface area contributed by atoms with Crippen LogP contribution in [0, 0.1) is 0 Å². The van der Waals surface area contributed by atoms with E-state index in [-0.39, 0.29) is 10.7 Å². The van der Waals surface area contributed by atoms with Gasteiger partial charge < -0.3 is 14.0 Å². The van der Waals surface area contributed by atoms with E-state index >= 15 is 0 Å². The Balaban J connectivity index is 2.21. The standard InChI is InChI=1S/C11H17N3O5S/c1-13-9(11(15)18-2)3-4-10(13)20(16,17)12-14-5-7-19-8-6-14/h3-4,12H,5-8H2,1-2H3. The summed E-state index contributed by atoms with van der Waals surface area (Å²) in [5, 5.41) is 1.58. The van der Waals surface area contributed by atoms with E-state index in [2.05, 4.69) is 9.57 Å². The molecule has 0 aromatic carbocycles. The van der Waals surface area contributed by atoms with Crippen molar-refractivity contribution in [3.63, 3.8) is 0 Å². The van der Waals surface area contributed by atoms with E-state index in [4.69, 9.17) is 4.74 Å². The Morgan fingerprint density at radius 1 is 1.35 bits per heavy atom. The van der Waals surface area contributed by atoms with E-state index < -0.39 is 16.0 Å². The fourth-order valence-electron chi connectivity index (χ4n) is 1.94. The molecule has 0 bridgehead atoms. The number of hydrogen-bond acceptors (Lipinski definition) is 6. The van der Waals surface area contributed by atoms with Crippen molar-refractivity contribution in [3.8, 4) is 0 Å². The number of morpholine rings is 1. The summed E-state index contributed by atoms with van der Waals surface area (Å²) in [5.74, 6) is -0.583. The topological polar surface area (TPSA) is 89.9 Å². The Labute approximate surface area is 117 Å². The van der Waals surface area contributed by atoms with E-state index in [1.54, 1.807) is 5.01 Å². The average Bonchev–Trinajstić information content (AvgIpc) is 2.81. The maximum absolute atomic E-state index is 12.3. The number of nitrogens with one attached hydrogen (secondary N) is 1. The number of esters is 1. The second-order valence-electron chi connectivity index (χ2n) is 4.30. The summed E-state index contributed by atoms with van der Waals surface area (Å²) in [6.07, 6.45) is 0. The third-order valence-electron chi connectivity index (χ3n) is 3.01. The van der Waals surface area contributed by atoms with Crippen LogP contribution in [0.1, 0.15) is 10.5 Å². The van der Waals surface area contributed by atoms with Crippen LogP contribution < -0.4 is 4.83 Å². The third kappa shape index (κ3) is 3.01. The van der Waals surface area contributed by atoms with Gasteiger partial charge in [-0.2, -0.15) is 0 Å². The Hall–Kier alpha value is -1.42. The summed E-state index contributed by atoms with van der Waals surface area (Å²) in [7, 11) is -0.990. The number of hydrazine groups is 1. The summed E-state index contributed by atoms with van der Waals surface area (Å²) in [6.45, 7) is 1.91. The quantitative estimate of drug-likeness (QED) is 0.743. The lowest BCUT2D eigenvalue weighted by Crippen LogP contribution is -2.48. The minimum absolute atomic E-state index is 0.00407. The zero-order valence-electron chi connectivity index (χ0n) is 11.3. The molecular formula is C11H17N3O5S. The smallest absolute Gasteiger partial charge is 0.354 e. The van der Waals surface area contributed by atoms with Crippen molar-refractivity contribution in [3.05, 3.63) is 17.8 Å². The van der Waals surface area contributed by atoms with Gasteiger partial charge in [-0.25, -0.2) is 18.2 Å². The van der Waals surface area contributed by atoms with E-state index in [0.717, 1.165) is 0 Å². The number of methoxy groups -OCH3 is 1. The largest absolute Gasteiger partial charge is 0.464 e. The molecule has 1 aliphatic rings. The molecule has 0 atom stereocenters. The number of rotatable bonds is 4. The molecule has 1 N–H and O–H groups in total. The lowest BCUT2D eigenvalue weighted by atomic mass is 10.4. The minimum Gasteiger partial charge on any atom is -0.464 e. The highest BCUT2D eigenvalue weighted by Crippen LogP contribution is 2.14. The summed E-state index contributed by atoms with van der Waals surface area (Å²) >= 11 is 0. The summed E-state index contributed by atoms with van der Waals surface area (Å²) < 4.78 is 35.6. The molecule has 1 fully saturated rings. The van der Waals surface area contributed by atoms with Gasteiger partial charge in [0, 0.05) is 20.1 Å². The van der Waals surface area contributed by atoms with Crippen molar-refractivity contribution < 1.29 is 22.7 Å². The molecule has 0 saturated carbocycles. The van der Waals surface area contributed by atoms with Crippen LogP contribution in [0.25, 0.3) is 0 Å². The predicted octanol–water partition coefficient (Wildman–Crippen LogP) is -0.663. The number of sulfonamides is 1. The lowest BCUT2D eigenvalue weighted by molar-refractivity contribution is 0.0271. The molecule has 1 saturated heterocycles. The summed E-state index contributed by atoms with van der Waals surface area (Å²) in [6, 6.07) is 2.79. The molecule has 1 aromatic heterocycles. The van der Waals surface area contributed by atoms with Gasteiger partial charge in [0.25, 0.3) is 10.0 Å². The third-order valence-corrected chi connectivity index (χ3v) is 4.47. The van der Waals surface area contributed by atoms with Gasteiger partial charge in [0.2, 0.25) is 0 Å². The second kappa shape index (κ2) is 5.92. The molecule has 0 spiro atoms. The van der Waals surface area contributed by atoms with Crippen LogP contribution in [0.3, 0.4) is 0 Å². The van der Waals surface area contributed by atoms with E-state index in [1.807, 2.05) is 0 Å². The van der Waals surface area contributed by atoms with E-state index in [0.29, 0.717) is 26.3 Å². The lowest BCUT2D eigenvalue weighted by Gasteiger charge is -2.26. The van der Waals surface area contributed by atoms with Crippen LogP contribution in [0.4, 0.5) is 0 Å². The Morgan fingerprint density at radius 3 is 2.60 bits per heavy atom. The molecule has 8 nitrogen and oxygen atoms in total. The van der Waals surface area contributed by atoms with Crippen molar-refractivity contribution in [2.24, 2.45) is 7.05 Å². The second-order valence-corrected chi connectivity index (χ2v) is 5.91. The molecular weight excluding hydrogens is 286 g/mol. The molecule has 112 valence electrons. The number of ether oxygens (including phenoxy) is 2. The van der Waals surface area contributed by atoms with Gasteiger partial charge in [-0.1, -0.05) is 0 Å². The number of hydrogen-bond donors (Lipinski definition) is 1. The SMILES string of the molecule is COC(=O)c1ccc(S(=O)(=O)NN2CCOCC2)n1C. The molecule has 1 aliphatic heterocycles. The number of carbonyl (C=O) groups is 1. The Morgan fingerprint density at radius 2 is 2.00 bits per heavy atom. The van der Waals surface area contributed by atoms with Crippen molar-refractivity contribution >= 4 is 16.0 Å². The number of aromatic nitrogens is 1. The number of nitrogens with zero attached hydrogens (tertiary/aromatic N) is 2. The van der Waals surface area contributed by atoms with Gasteiger partial charge in [0.1, 0.15) is 5.69 Å². The zero-order valence-corrected chi connectivity index (χ0v) is 12.1. The van der Waals surface area contributed by atoms with Crippen LogP contribution in [-0.4, -0.2) is 57.4 Å². The monoisotopic (exact) mass is 303 g/mol. The first-order valence-corrected chi connectivity index (χ1v) is 7.53. The summed E-state index contributed by atoms with van der Waals surface area (Å²) in [4.78, 5) is 14.0. The molecule has 20 heavy (non-hydrogen) atoms. The van der Waals surface area contributed by atoms with Gasteiger partial charge in [-0.05, 0) is 12.1 Å². The molecule has 0 radical (unpaired) electrons. The van der Waals surface area contributed by atoms with Gasteiger partial charge in [0.05, 0.1) is 20.3 Å². The predicted molar refractivity (Wildman–Crippen MR) is 69.5 cm³/mol. The van der Waals surface area contributed by atoms with Gasteiger partial charge in [-0.15, -0.1) is 4.83 Å². The summed E-state index contributed by atoms with van der Waals surface area (Å²) in [5.41, 5.74) is 0.176. The first kappa shape index (κ1) is 15.0. The maximum atomic E-state index is 12.3. The average molecular weight is 303 g/mol. The highest BCUT2D eigenvalue weighted by molar-refractivity contribution is 7.89. The highest BCUT2D eigenvalue weighted by Gasteiger charge is 2.25. The number of carbonyl (C=O) groups excluding carboxylic acids is 1. The maximum Gasteiger partial charge on any atom is 0.354 e. The van der Waals surface area contributed by atoms with Crippen LogP contribution in [0.15, 0.2) is 17.2 Å². The molecule has 1 aromatic rings. The Bertz CT molecular complexity index is 589. The normalized spacial score (nSPS) is 17.1.